The molecular weight excluding hydrogens is 426 g/mol. The smallest absolute Gasteiger partial charge is 0.269 e. The number of carbonyl (C=O) groups excluding carboxylic acids is 1. The highest BCUT2D eigenvalue weighted by Crippen LogP contribution is 2.25. The van der Waals surface area contributed by atoms with Crippen LogP contribution in [0.25, 0.3) is 0 Å². The second kappa shape index (κ2) is 10.9. The van der Waals surface area contributed by atoms with Gasteiger partial charge in [-0.05, 0) is 18.2 Å². The molecule has 1 aromatic heterocycles. The predicted molar refractivity (Wildman–Crippen MR) is 134 cm³/mol. The maximum atomic E-state index is 13.0. The molecule has 0 bridgehead atoms. The summed E-state index contributed by atoms with van der Waals surface area (Å²) < 4.78 is 5.77. The third kappa shape index (κ3) is 5.27. The van der Waals surface area contributed by atoms with Gasteiger partial charge in [0.05, 0.1) is 11.4 Å². The molecule has 0 fully saturated rings. The van der Waals surface area contributed by atoms with Gasteiger partial charge in [0.2, 0.25) is 12.0 Å². The number of anilines is 2. The van der Waals surface area contributed by atoms with Crippen molar-refractivity contribution in [3.8, 4) is 11.6 Å². The largest absolute Gasteiger partial charge is 0.439 e. The number of aromatic nitrogens is 2. The molecule has 1 amide bonds. The molecule has 1 aliphatic rings. The zero-order valence-corrected chi connectivity index (χ0v) is 19.0. The lowest BCUT2D eigenvalue weighted by molar-refractivity contribution is -0.116. The number of nitrogens with zero attached hydrogens (tertiary/aromatic N) is 3. The van der Waals surface area contributed by atoms with Crippen molar-refractivity contribution in [1.29, 1.82) is 0 Å². The van der Waals surface area contributed by atoms with Crippen molar-refractivity contribution in [3.63, 3.8) is 0 Å². The quantitative estimate of drug-likeness (QED) is 0.417. The number of nitrogens with one attached hydrogen (secondary N) is 2. The van der Waals surface area contributed by atoms with Crippen molar-refractivity contribution in [1.82, 2.24) is 9.97 Å². The molecule has 0 spiro atoms. The minimum absolute atomic E-state index is 0.285. The summed E-state index contributed by atoms with van der Waals surface area (Å²) in [6, 6.07) is 28.4. The molecule has 5 rings (SSSR count). The molecule has 4 aromatic rings. The first-order valence-electron chi connectivity index (χ1n) is 11.1. The fraction of sp³-hybridized carbons (Fsp3) is 0.111. The van der Waals surface area contributed by atoms with Crippen LogP contribution in [-0.4, -0.2) is 27.8 Å². The highest BCUT2D eigenvalue weighted by atomic mass is 16.5. The lowest BCUT2D eigenvalue weighted by Gasteiger charge is -2.14. The number of hydrogen-bond acceptors (Lipinski definition) is 6. The Morgan fingerprint density at radius 3 is 2.29 bits per heavy atom. The van der Waals surface area contributed by atoms with Crippen molar-refractivity contribution in [2.75, 3.05) is 10.6 Å². The van der Waals surface area contributed by atoms with Crippen LogP contribution < -0.4 is 15.4 Å². The molecule has 1 unspecified atom stereocenters. The predicted octanol–water partition coefficient (Wildman–Crippen LogP) is 5.52. The van der Waals surface area contributed by atoms with Gasteiger partial charge in [-0.15, -0.1) is 0 Å². The number of benzene rings is 3. The minimum Gasteiger partial charge on any atom is -0.439 e. The fourth-order valence-electron chi connectivity index (χ4n) is 3.40. The van der Waals surface area contributed by atoms with Gasteiger partial charge in [0, 0.05) is 17.2 Å². The van der Waals surface area contributed by atoms with Crippen LogP contribution in [0.1, 0.15) is 25.0 Å². The minimum atomic E-state index is -0.892. The SMILES string of the molecule is CC.O=C1Nc2ccccc2C(c2ccccc2)=NC1Nc1cc(Oc2ccccc2)ncn1. The molecule has 2 N–H and O–H groups in total. The highest BCUT2D eigenvalue weighted by Gasteiger charge is 2.26. The highest BCUT2D eigenvalue weighted by molar-refractivity contribution is 6.19. The van der Waals surface area contributed by atoms with Crippen molar-refractivity contribution in [2.24, 2.45) is 4.99 Å². The number of ether oxygens (including phenoxy) is 1. The van der Waals surface area contributed by atoms with Gasteiger partial charge >= 0.3 is 0 Å². The second-order valence-electron chi connectivity index (χ2n) is 7.08. The summed E-state index contributed by atoms with van der Waals surface area (Å²) in [6.07, 6.45) is 0.489. The maximum Gasteiger partial charge on any atom is 0.269 e. The molecule has 170 valence electrons. The fourth-order valence-corrected chi connectivity index (χ4v) is 3.40. The molecule has 34 heavy (non-hydrogen) atoms. The van der Waals surface area contributed by atoms with E-state index in [1.807, 2.05) is 98.8 Å². The van der Waals surface area contributed by atoms with Gasteiger partial charge in [-0.2, -0.15) is 0 Å². The van der Waals surface area contributed by atoms with Crippen LogP contribution in [0.4, 0.5) is 11.5 Å². The number of rotatable bonds is 5. The van der Waals surface area contributed by atoms with Crippen molar-refractivity contribution >= 4 is 23.1 Å². The summed E-state index contributed by atoms with van der Waals surface area (Å²) in [5.74, 6) is 1.16. The first kappa shape index (κ1) is 22.7. The summed E-state index contributed by atoms with van der Waals surface area (Å²) in [4.78, 5) is 26.1. The summed E-state index contributed by atoms with van der Waals surface area (Å²) in [7, 11) is 0. The van der Waals surface area contributed by atoms with Crippen LogP contribution in [0.5, 0.6) is 11.6 Å². The summed E-state index contributed by atoms with van der Waals surface area (Å²) >= 11 is 0. The Kier molecular flexibility index (Phi) is 7.25. The number of fused-ring (bicyclic) bond motifs is 1. The third-order valence-electron chi connectivity index (χ3n) is 4.89. The van der Waals surface area contributed by atoms with E-state index in [-0.39, 0.29) is 5.91 Å². The molecule has 7 nitrogen and oxygen atoms in total. The number of hydrogen-bond donors (Lipinski definition) is 2. The van der Waals surface area contributed by atoms with Crippen molar-refractivity contribution in [3.05, 3.63) is 108 Å². The average Bonchev–Trinajstić information content (AvgIpc) is 3.03. The van der Waals surface area contributed by atoms with E-state index in [0.717, 1.165) is 11.1 Å². The van der Waals surface area contributed by atoms with Crippen molar-refractivity contribution in [2.45, 2.75) is 20.0 Å². The normalized spacial score (nSPS) is 14.4. The lowest BCUT2D eigenvalue weighted by Crippen LogP contribution is -2.32. The Bertz CT molecular complexity index is 1280. The van der Waals surface area contributed by atoms with Crippen LogP contribution >= 0.6 is 0 Å². The van der Waals surface area contributed by atoms with E-state index < -0.39 is 6.17 Å². The molecule has 1 aliphatic heterocycles. The number of para-hydroxylation sites is 2. The molecule has 0 saturated heterocycles. The van der Waals surface area contributed by atoms with Crippen molar-refractivity contribution < 1.29 is 9.53 Å². The van der Waals surface area contributed by atoms with Crippen LogP contribution in [0, 0.1) is 0 Å². The maximum absolute atomic E-state index is 13.0. The lowest BCUT2D eigenvalue weighted by atomic mass is 10.0. The molecular formula is C27H25N5O2. The molecule has 7 heteroatoms. The van der Waals surface area contributed by atoms with E-state index in [9.17, 15) is 4.79 Å². The summed E-state index contributed by atoms with van der Waals surface area (Å²) in [5, 5.41) is 6.06. The Morgan fingerprint density at radius 1 is 0.853 bits per heavy atom. The van der Waals surface area contributed by atoms with Gasteiger partial charge in [-0.1, -0.05) is 80.6 Å². The van der Waals surface area contributed by atoms with Crippen LogP contribution in [0.3, 0.4) is 0 Å². The van der Waals surface area contributed by atoms with E-state index in [1.165, 1.54) is 6.33 Å². The van der Waals surface area contributed by atoms with Crippen LogP contribution in [0.15, 0.2) is 102 Å². The van der Waals surface area contributed by atoms with E-state index in [2.05, 4.69) is 20.6 Å². The van der Waals surface area contributed by atoms with Crippen LogP contribution in [0.2, 0.25) is 0 Å². The van der Waals surface area contributed by atoms with E-state index >= 15 is 0 Å². The third-order valence-corrected chi connectivity index (χ3v) is 4.89. The zero-order chi connectivity index (χ0) is 23.8. The molecule has 0 radical (unpaired) electrons. The number of aliphatic imine (C=N–C) groups is 1. The van der Waals surface area contributed by atoms with Gasteiger partial charge in [0.25, 0.3) is 5.91 Å². The Balaban J connectivity index is 0.00000133. The Labute approximate surface area is 198 Å². The number of benzodiazepines with no additional fused rings is 1. The van der Waals surface area contributed by atoms with Crippen LogP contribution in [-0.2, 0) is 4.79 Å². The number of carbonyl (C=O) groups is 1. The molecule has 0 saturated carbocycles. The van der Waals surface area contributed by atoms with Gasteiger partial charge < -0.3 is 15.4 Å². The van der Waals surface area contributed by atoms with Gasteiger partial charge in [0.1, 0.15) is 17.9 Å². The molecule has 2 heterocycles. The number of amides is 1. The summed E-state index contributed by atoms with van der Waals surface area (Å²) in [5.41, 5.74) is 3.19. The molecule has 0 aliphatic carbocycles. The first-order valence-corrected chi connectivity index (χ1v) is 11.1. The molecule has 3 aromatic carbocycles. The first-order chi connectivity index (χ1) is 16.8. The topological polar surface area (TPSA) is 88.5 Å². The van der Waals surface area contributed by atoms with E-state index in [1.54, 1.807) is 6.07 Å². The zero-order valence-electron chi connectivity index (χ0n) is 19.0. The standard InChI is InChI=1S/C25H19N5O2.C2H6/c31-25-24(29-21-15-22(27-16-26-21)32-18-11-5-2-6-12-18)30-23(17-9-3-1-4-10-17)19-13-7-8-14-20(19)28-25;1-2/h1-16,24H,(H,28,31)(H,26,27,29);1-2H3. The van der Waals surface area contributed by atoms with Gasteiger partial charge in [-0.3, -0.25) is 4.79 Å². The van der Waals surface area contributed by atoms with Gasteiger partial charge in [0.15, 0.2) is 0 Å². The monoisotopic (exact) mass is 451 g/mol. The van der Waals surface area contributed by atoms with E-state index in [0.29, 0.717) is 28.8 Å². The van der Waals surface area contributed by atoms with E-state index in [4.69, 9.17) is 9.73 Å². The average molecular weight is 452 g/mol. The Hall–Kier alpha value is -4.52. The Morgan fingerprint density at radius 2 is 1.53 bits per heavy atom. The molecule has 1 atom stereocenters. The second-order valence-corrected chi connectivity index (χ2v) is 7.08. The summed E-state index contributed by atoms with van der Waals surface area (Å²) in [6.45, 7) is 4.00. The van der Waals surface area contributed by atoms with Gasteiger partial charge in [-0.25, -0.2) is 15.0 Å².